The summed E-state index contributed by atoms with van der Waals surface area (Å²) in [7, 11) is 0. The van der Waals surface area contributed by atoms with E-state index in [1.54, 1.807) is 6.07 Å². The zero-order valence-corrected chi connectivity index (χ0v) is 19.7. The molecule has 1 spiro atoms. The molecule has 1 unspecified atom stereocenters. The number of hydrogen-bond acceptors (Lipinski definition) is 4. The minimum Gasteiger partial charge on any atom is -0.437 e. The van der Waals surface area contributed by atoms with Crippen molar-refractivity contribution in [3.05, 3.63) is 29.3 Å². The Kier molecular flexibility index (Phi) is 7.19. The van der Waals surface area contributed by atoms with Crippen LogP contribution in [0.3, 0.4) is 0 Å². The molecule has 4 rings (SSSR count). The number of carbonyl (C=O) groups excluding carboxylic acids is 1. The third-order valence-corrected chi connectivity index (χ3v) is 7.44. The molecule has 1 atom stereocenters. The lowest BCUT2D eigenvalue weighted by Crippen LogP contribution is -2.60. The Morgan fingerprint density at radius 3 is 2.20 bits per heavy atom. The molecule has 0 radical (unpaired) electrons. The number of benzene rings is 1. The van der Waals surface area contributed by atoms with Crippen molar-refractivity contribution in [3.8, 4) is 0 Å². The lowest BCUT2D eigenvalue weighted by Gasteiger charge is -2.54. The van der Waals surface area contributed by atoms with Gasteiger partial charge in [0.05, 0.1) is 5.56 Å². The number of likely N-dealkylation sites (tertiary alicyclic amines) is 2. The number of hydrogen-bond donors (Lipinski definition) is 0. The van der Waals surface area contributed by atoms with E-state index in [4.69, 9.17) is 0 Å². The molecule has 0 aliphatic carbocycles. The summed E-state index contributed by atoms with van der Waals surface area (Å²) in [6.07, 6.45) is -7.76. The van der Waals surface area contributed by atoms with Crippen LogP contribution < -0.4 is 4.90 Å². The fourth-order valence-corrected chi connectivity index (χ4v) is 5.33. The van der Waals surface area contributed by atoms with Gasteiger partial charge in [-0.05, 0) is 62.1 Å². The number of alkyl halides is 6. The van der Waals surface area contributed by atoms with Gasteiger partial charge in [-0.3, -0.25) is 4.90 Å². The third kappa shape index (κ3) is 5.98. The van der Waals surface area contributed by atoms with E-state index in [2.05, 4.69) is 14.5 Å². The summed E-state index contributed by atoms with van der Waals surface area (Å²) < 4.78 is 82.5. The van der Waals surface area contributed by atoms with E-state index in [-0.39, 0.29) is 5.41 Å². The summed E-state index contributed by atoms with van der Waals surface area (Å²) in [5, 5.41) is 0. The predicted molar refractivity (Wildman–Crippen MR) is 118 cm³/mol. The second-order valence-corrected chi connectivity index (χ2v) is 10.1. The Morgan fingerprint density at radius 2 is 1.63 bits per heavy atom. The molecule has 1 amide bonds. The highest BCUT2D eigenvalue weighted by Gasteiger charge is 2.46. The second kappa shape index (κ2) is 9.71. The van der Waals surface area contributed by atoms with Gasteiger partial charge in [-0.25, -0.2) is 4.79 Å². The average Bonchev–Trinajstić information content (AvgIpc) is 2.78. The van der Waals surface area contributed by atoms with Crippen molar-refractivity contribution in [2.75, 3.05) is 44.2 Å². The molecule has 3 heterocycles. The summed E-state index contributed by atoms with van der Waals surface area (Å²) in [4.78, 5) is 17.6. The Balaban J connectivity index is 1.34. The van der Waals surface area contributed by atoms with E-state index in [9.17, 15) is 31.1 Å². The fourth-order valence-electron chi connectivity index (χ4n) is 5.33. The average molecular weight is 508 g/mol. The van der Waals surface area contributed by atoms with Crippen molar-refractivity contribution in [2.24, 2.45) is 5.41 Å². The van der Waals surface area contributed by atoms with Gasteiger partial charge < -0.3 is 14.5 Å². The normalized spacial score (nSPS) is 22.1. The van der Waals surface area contributed by atoms with Crippen molar-refractivity contribution in [2.45, 2.75) is 64.0 Å². The van der Waals surface area contributed by atoms with Crippen LogP contribution in [0.15, 0.2) is 18.2 Å². The molecule has 5 nitrogen and oxygen atoms in total. The summed E-state index contributed by atoms with van der Waals surface area (Å²) in [5.74, 6) is 0. The number of anilines is 1. The minimum absolute atomic E-state index is 0.0242. The van der Waals surface area contributed by atoms with E-state index < -0.39 is 30.1 Å². The quantitative estimate of drug-likeness (QED) is 0.492. The number of ether oxygens (including phenoxy) is 1. The van der Waals surface area contributed by atoms with Gasteiger partial charge >= 0.3 is 18.4 Å². The topological polar surface area (TPSA) is 36.0 Å². The number of halogens is 6. The van der Waals surface area contributed by atoms with Gasteiger partial charge in [0.25, 0.3) is 0 Å². The summed E-state index contributed by atoms with van der Waals surface area (Å²) in [6.45, 7) is 5.00. The Morgan fingerprint density at radius 1 is 1.00 bits per heavy atom. The van der Waals surface area contributed by atoms with Crippen LogP contribution in [0.5, 0.6) is 0 Å². The third-order valence-electron chi connectivity index (χ3n) is 7.44. The van der Waals surface area contributed by atoms with Crippen LogP contribution in [-0.2, 0) is 17.5 Å². The number of carbonyl (C=O) groups is 1. The van der Waals surface area contributed by atoms with Gasteiger partial charge in [0.1, 0.15) is 0 Å². The van der Waals surface area contributed by atoms with Crippen LogP contribution in [0.4, 0.5) is 36.8 Å². The van der Waals surface area contributed by atoms with Crippen molar-refractivity contribution in [3.63, 3.8) is 0 Å². The zero-order chi connectivity index (χ0) is 25.4. The maximum atomic E-state index is 13.3. The first-order chi connectivity index (χ1) is 16.4. The number of rotatable bonds is 4. The molecule has 35 heavy (non-hydrogen) atoms. The molecule has 0 aromatic heterocycles. The molecular weight excluding hydrogens is 476 g/mol. The van der Waals surface area contributed by atoms with Crippen molar-refractivity contribution >= 4 is 11.8 Å². The lowest BCUT2D eigenvalue weighted by molar-refractivity contribution is -0.200. The molecule has 11 heteroatoms. The highest BCUT2D eigenvalue weighted by Crippen LogP contribution is 2.42. The van der Waals surface area contributed by atoms with Crippen LogP contribution in [0.1, 0.15) is 50.2 Å². The van der Waals surface area contributed by atoms with Crippen molar-refractivity contribution in [1.82, 2.24) is 9.80 Å². The van der Waals surface area contributed by atoms with Crippen LogP contribution in [0.2, 0.25) is 0 Å². The first kappa shape index (κ1) is 25.9. The van der Waals surface area contributed by atoms with E-state index in [0.29, 0.717) is 38.2 Å². The number of piperidine rings is 2. The van der Waals surface area contributed by atoms with Crippen molar-refractivity contribution in [1.29, 1.82) is 0 Å². The Hall–Kier alpha value is -2.17. The summed E-state index contributed by atoms with van der Waals surface area (Å²) >= 11 is 0. The number of nitrogens with zero attached hydrogens (tertiary/aromatic N) is 3. The van der Waals surface area contributed by atoms with Crippen LogP contribution >= 0.6 is 0 Å². The van der Waals surface area contributed by atoms with E-state index in [1.165, 1.54) is 11.0 Å². The molecule has 1 aromatic carbocycles. The molecule has 3 aliphatic heterocycles. The van der Waals surface area contributed by atoms with Gasteiger partial charge in [0.2, 0.25) is 0 Å². The molecule has 3 saturated heterocycles. The van der Waals surface area contributed by atoms with Gasteiger partial charge in [-0.15, -0.1) is 0 Å². The monoisotopic (exact) mass is 507 g/mol. The van der Waals surface area contributed by atoms with Crippen LogP contribution in [0, 0.1) is 5.41 Å². The molecule has 1 aromatic rings. The highest BCUT2D eigenvalue weighted by atomic mass is 19.4. The molecule has 0 saturated carbocycles. The summed E-state index contributed by atoms with van der Waals surface area (Å²) in [5.41, 5.74) is 0.860. The molecule has 0 N–H and O–H groups in total. The maximum absolute atomic E-state index is 13.3. The standard InChI is InChI=1S/C24H31F6N3O2/c1-17(23(25,26)27)35-21(34)33-11-7-22(8-12-33)15-31(16-22)14-18-5-6-19(24(28,29)30)13-20(18)32-9-3-2-4-10-32/h5-6,13,17H,2-4,7-12,14-16H2,1H3. The smallest absolute Gasteiger partial charge is 0.425 e. The number of amides is 1. The summed E-state index contributed by atoms with van der Waals surface area (Å²) in [6, 6.07) is 3.99. The largest absolute Gasteiger partial charge is 0.437 e. The molecule has 0 bridgehead atoms. The first-order valence-corrected chi connectivity index (χ1v) is 12.1. The molecular formula is C24H31F6N3O2. The van der Waals surface area contributed by atoms with Crippen LogP contribution in [0.25, 0.3) is 0 Å². The zero-order valence-electron chi connectivity index (χ0n) is 19.7. The van der Waals surface area contributed by atoms with E-state index in [0.717, 1.165) is 64.0 Å². The predicted octanol–water partition coefficient (Wildman–Crippen LogP) is 5.68. The van der Waals surface area contributed by atoms with Gasteiger partial charge in [0.15, 0.2) is 6.10 Å². The molecule has 196 valence electrons. The van der Waals surface area contributed by atoms with E-state index >= 15 is 0 Å². The Bertz CT molecular complexity index is 898. The minimum atomic E-state index is -4.59. The first-order valence-electron chi connectivity index (χ1n) is 12.1. The molecule has 3 fully saturated rings. The molecule has 3 aliphatic rings. The van der Waals surface area contributed by atoms with Gasteiger partial charge in [-0.2, -0.15) is 26.3 Å². The lowest BCUT2D eigenvalue weighted by atomic mass is 9.72. The highest BCUT2D eigenvalue weighted by molar-refractivity contribution is 5.68. The van der Waals surface area contributed by atoms with Crippen molar-refractivity contribution < 1.29 is 35.9 Å². The maximum Gasteiger partial charge on any atom is 0.425 e. The fraction of sp³-hybridized carbons (Fsp3) is 0.708. The van der Waals surface area contributed by atoms with Crippen LogP contribution in [-0.4, -0.2) is 67.4 Å². The van der Waals surface area contributed by atoms with E-state index in [1.807, 2.05) is 0 Å². The van der Waals surface area contributed by atoms with Gasteiger partial charge in [-0.1, -0.05) is 6.07 Å². The van der Waals surface area contributed by atoms with Gasteiger partial charge in [0, 0.05) is 51.5 Å². The second-order valence-electron chi connectivity index (χ2n) is 10.1. The SMILES string of the molecule is CC(OC(=O)N1CCC2(CC1)CN(Cc1ccc(C(F)(F)F)cc1N1CCCCC1)C2)C(F)(F)F. The Labute approximate surface area is 201 Å².